The van der Waals surface area contributed by atoms with Gasteiger partial charge >= 0.3 is 5.97 Å². The van der Waals surface area contributed by atoms with Crippen LogP contribution in [0.4, 0.5) is 0 Å². The first-order chi connectivity index (χ1) is 14.1. The standard InChI is InChI=1S/C22H20BrCl2N3O2/c1-22(2,3)30-20(29)6-7-28-19-11-15(25)14(24)10-17(19)27-21(28)18-8-12-4-5-13(23)9-16(12)26-18/h4-5,8-11,26H,6-7H2,1-3H3. The molecule has 2 heterocycles. The van der Waals surface area contributed by atoms with Gasteiger partial charge in [-0.3, -0.25) is 4.79 Å². The van der Waals surface area contributed by atoms with Crippen molar-refractivity contribution < 1.29 is 9.53 Å². The maximum atomic E-state index is 12.3. The van der Waals surface area contributed by atoms with Crippen LogP contribution >= 0.6 is 39.1 Å². The number of nitrogens with zero attached hydrogens (tertiary/aromatic N) is 2. The van der Waals surface area contributed by atoms with Crippen molar-refractivity contribution in [2.75, 3.05) is 0 Å². The molecule has 0 bridgehead atoms. The molecule has 2 aromatic carbocycles. The molecule has 0 saturated heterocycles. The van der Waals surface area contributed by atoms with Crippen LogP contribution in [0.1, 0.15) is 27.2 Å². The third-order valence-corrected chi connectivity index (χ3v) is 5.79. The van der Waals surface area contributed by atoms with Gasteiger partial charge in [0, 0.05) is 21.9 Å². The molecule has 0 fully saturated rings. The monoisotopic (exact) mass is 507 g/mol. The molecule has 4 rings (SSSR count). The summed E-state index contributed by atoms with van der Waals surface area (Å²) >= 11 is 16.0. The second kappa shape index (κ2) is 7.91. The first-order valence-electron chi connectivity index (χ1n) is 9.46. The minimum atomic E-state index is -0.529. The highest BCUT2D eigenvalue weighted by molar-refractivity contribution is 9.10. The summed E-state index contributed by atoms with van der Waals surface area (Å²) in [6, 6.07) is 11.6. The first kappa shape index (κ1) is 21.2. The molecule has 0 amide bonds. The average molecular weight is 509 g/mol. The molecular weight excluding hydrogens is 489 g/mol. The summed E-state index contributed by atoms with van der Waals surface area (Å²) in [5, 5.41) is 1.94. The van der Waals surface area contributed by atoms with Crippen molar-refractivity contribution in [2.24, 2.45) is 0 Å². The Balaban J connectivity index is 1.79. The molecule has 4 aromatic rings. The predicted molar refractivity (Wildman–Crippen MR) is 125 cm³/mol. The number of carbonyl (C=O) groups is 1. The van der Waals surface area contributed by atoms with Crippen LogP contribution in [0.5, 0.6) is 0 Å². The van der Waals surface area contributed by atoms with Gasteiger partial charge < -0.3 is 14.3 Å². The number of halogens is 3. The van der Waals surface area contributed by atoms with Crippen LogP contribution in [0.2, 0.25) is 10.0 Å². The van der Waals surface area contributed by atoms with Crippen molar-refractivity contribution >= 4 is 67.0 Å². The van der Waals surface area contributed by atoms with Gasteiger partial charge in [0.1, 0.15) is 5.60 Å². The molecule has 0 saturated carbocycles. The lowest BCUT2D eigenvalue weighted by atomic mass is 10.2. The number of nitrogens with one attached hydrogen (secondary N) is 1. The minimum absolute atomic E-state index is 0.210. The summed E-state index contributed by atoms with van der Waals surface area (Å²) in [6.45, 7) is 5.96. The van der Waals surface area contributed by atoms with Crippen molar-refractivity contribution in [3.05, 3.63) is 50.9 Å². The SMILES string of the molecule is CC(C)(C)OC(=O)CCn1c(-c2cc3ccc(Br)cc3[nH]2)nc2cc(Cl)c(Cl)cc21. The van der Waals surface area contributed by atoms with E-state index >= 15 is 0 Å². The number of aromatic amines is 1. The van der Waals surface area contributed by atoms with E-state index in [1.165, 1.54) is 0 Å². The molecule has 2 aromatic heterocycles. The van der Waals surface area contributed by atoms with E-state index in [1.54, 1.807) is 12.1 Å². The summed E-state index contributed by atoms with van der Waals surface area (Å²) in [6.07, 6.45) is 0.210. The Kier molecular flexibility index (Phi) is 5.60. The van der Waals surface area contributed by atoms with Crippen LogP contribution in [0, 0.1) is 0 Å². The number of hydrogen-bond acceptors (Lipinski definition) is 3. The highest BCUT2D eigenvalue weighted by Crippen LogP contribution is 2.33. The molecule has 30 heavy (non-hydrogen) atoms. The van der Waals surface area contributed by atoms with Gasteiger partial charge in [-0.15, -0.1) is 0 Å². The Morgan fingerprint density at radius 1 is 1.17 bits per heavy atom. The number of carbonyl (C=O) groups excluding carboxylic acids is 1. The highest BCUT2D eigenvalue weighted by atomic mass is 79.9. The maximum Gasteiger partial charge on any atom is 0.308 e. The quantitative estimate of drug-likeness (QED) is 0.302. The fourth-order valence-electron chi connectivity index (χ4n) is 3.37. The van der Waals surface area contributed by atoms with Gasteiger partial charge in [0.15, 0.2) is 5.82 Å². The molecule has 8 heteroatoms. The Morgan fingerprint density at radius 2 is 1.90 bits per heavy atom. The Bertz CT molecular complexity index is 1270. The van der Waals surface area contributed by atoms with Gasteiger partial charge in [0.2, 0.25) is 0 Å². The zero-order valence-corrected chi connectivity index (χ0v) is 19.8. The lowest BCUT2D eigenvalue weighted by Crippen LogP contribution is -2.24. The summed E-state index contributed by atoms with van der Waals surface area (Å²) in [5.41, 5.74) is 2.82. The van der Waals surface area contributed by atoms with Crippen molar-refractivity contribution in [1.29, 1.82) is 0 Å². The smallest absolute Gasteiger partial charge is 0.308 e. The van der Waals surface area contributed by atoms with Crippen molar-refractivity contribution in [3.63, 3.8) is 0 Å². The highest BCUT2D eigenvalue weighted by Gasteiger charge is 2.20. The number of benzene rings is 2. The summed E-state index contributed by atoms with van der Waals surface area (Å²) in [7, 11) is 0. The largest absolute Gasteiger partial charge is 0.460 e. The number of fused-ring (bicyclic) bond motifs is 2. The Hall–Kier alpha value is -2.02. The van der Waals surface area contributed by atoms with Crippen molar-refractivity contribution in [1.82, 2.24) is 14.5 Å². The van der Waals surface area contributed by atoms with Crippen LogP contribution in [-0.4, -0.2) is 26.1 Å². The number of imidazole rings is 1. The summed E-state index contributed by atoms with van der Waals surface area (Å²) < 4.78 is 8.42. The molecular formula is C22H20BrCl2N3O2. The summed E-state index contributed by atoms with van der Waals surface area (Å²) in [5.74, 6) is 0.440. The number of esters is 1. The molecule has 0 spiro atoms. The van der Waals surface area contributed by atoms with Gasteiger partial charge in [-0.2, -0.15) is 0 Å². The van der Waals surface area contributed by atoms with Crippen molar-refractivity contribution in [2.45, 2.75) is 39.3 Å². The van der Waals surface area contributed by atoms with E-state index in [1.807, 2.05) is 49.6 Å². The molecule has 1 N–H and O–H groups in total. The van der Waals surface area contributed by atoms with Crippen LogP contribution < -0.4 is 0 Å². The molecule has 0 aliphatic carbocycles. The van der Waals surface area contributed by atoms with Gasteiger partial charge in [-0.1, -0.05) is 45.2 Å². The maximum absolute atomic E-state index is 12.3. The van der Waals surface area contributed by atoms with E-state index in [0.717, 1.165) is 26.6 Å². The molecule has 156 valence electrons. The van der Waals surface area contributed by atoms with Crippen LogP contribution in [-0.2, 0) is 16.1 Å². The normalized spacial score (nSPS) is 12.1. The number of aryl methyl sites for hydroxylation is 1. The van der Waals surface area contributed by atoms with E-state index in [2.05, 4.69) is 20.9 Å². The van der Waals surface area contributed by atoms with Gasteiger partial charge in [0.05, 0.1) is 33.2 Å². The number of H-pyrrole nitrogens is 1. The zero-order valence-electron chi connectivity index (χ0n) is 16.7. The number of aromatic nitrogens is 3. The van der Waals surface area contributed by atoms with Crippen LogP contribution in [0.15, 0.2) is 40.9 Å². The van der Waals surface area contributed by atoms with Crippen LogP contribution in [0.25, 0.3) is 33.5 Å². The van der Waals surface area contributed by atoms with Gasteiger partial charge in [-0.25, -0.2) is 4.98 Å². The van der Waals surface area contributed by atoms with E-state index in [9.17, 15) is 4.79 Å². The molecule has 0 unspecified atom stereocenters. The minimum Gasteiger partial charge on any atom is -0.460 e. The van der Waals surface area contributed by atoms with Gasteiger partial charge in [0.25, 0.3) is 0 Å². The van der Waals surface area contributed by atoms with E-state index in [0.29, 0.717) is 27.9 Å². The zero-order chi connectivity index (χ0) is 21.6. The molecule has 0 radical (unpaired) electrons. The summed E-state index contributed by atoms with van der Waals surface area (Å²) in [4.78, 5) is 20.5. The third-order valence-electron chi connectivity index (χ3n) is 4.58. The number of ether oxygens (including phenoxy) is 1. The second-order valence-electron chi connectivity index (χ2n) is 8.09. The fraction of sp³-hybridized carbons (Fsp3) is 0.273. The fourth-order valence-corrected chi connectivity index (χ4v) is 4.04. The Labute approximate surface area is 192 Å². The van der Waals surface area contributed by atoms with E-state index < -0.39 is 5.60 Å². The molecule has 0 aliphatic heterocycles. The molecule has 0 atom stereocenters. The third kappa shape index (κ3) is 4.36. The first-order valence-corrected chi connectivity index (χ1v) is 11.0. The van der Waals surface area contributed by atoms with Crippen LogP contribution in [0.3, 0.4) is 0 Å². The lowest BCUT2D eigenvalue weighted by molar-refractivity contribution is -0.155. The van der Waals surface area contributed by atoms with E-state index in [4.69, 9.17) is 32.9 Å². The topological polar surface area (TPSA) is 59.9 Å². The Morgan fingerprint density at radius 3 is 2.63 bits per heavy atom. The second-order valence-corrected chi connectivity index (χ2v) is 9.82. The number of rotatable bonds is 4. The number of hydrogen-bond donors (Lipinski definition) is 1. The van der Waals surface area contributed by atoms with E-state index in [-0.39, 0.29) is 12.4 Å². The predicted octanol–water partition coefficient (Wildman–Crippen LogP) is 6.99. The van der Waals surface area contributed by atoms with Gasteiger partial charge in [-0.05, 0) is 51.1 Å². The molecule has 0 aliphatic rings. The average Bonchev–Trinajstić information content (AvgIpc) is 3.19. The lowest BCUT2D eigenvalue weighted by Gasteiger charge is -2.19. The molecule has 5 nitrogen and oxygen atoms in total. The van der Waals surface area contributed by atoms with Crippen molar-refractivity contribution in [3.8, 4) is 11.5 Å².